The summed E-state index contributed by atoms with van der Waals surface area (Å²) >= 11 is 0. The van der Waals surface area contributed by atoms with Gasteiger partial charge in [0.2, 0.25) is 0 Å². The summed E-state index contributed by atoms with van der Waals surface area (Å²) in [6.45, 7) is 1.33. The van der Waals surface area contributed by atoms with Gasteiger partial charge in [-0.2, -0.15) is 0 Å². The van der Waals surface area contributed by atoms with Crippen LogP contribution in [0.15, 0.2) is 35.2 Å². The molecule has 0 bridgehead atoms. The predicted octanol–water partition coefficient (Wildman–Crippen LogP) is 1.15. The number of nitrogens with one attached hydrogen (secondary N) is 1. The van der Waals surface area contributed by atoms with Crippen LogP contribution < -0.4 is 5.32 Å². The molecule has 126 valence electrons. The maximum absolute atomic E-state index is 14.8. The summed E-state index contributed by atoms with van der Waals surface area (Å²) in [5, 5.41) is 2.38. The Kier molecular flexibility index (Phi) is 4.42. The first-order valence-electron chi connectivity index (χ1n) is 7.91. The molecule has 7 heteroatoms. The Morgan fingerprint density at radius 1 is 1.22 bits per heavy atom. The van der Waals surface area contributed by atoms with Crippen LogP contribution in [0.4, 0.5) is 4.39 Å². The highest BCUT2D eigenvalue weighted by Gasteiger charge is 2.46. The van der Waals surface area contributed by atoms with Gasteiger partial charge < -0.3 is 10.2 Å². The van der Waals surface area contributed by atoms with E-state index in [-0.39, 0.29) is 24.3 Å². The van der Waals surface area contributed by atoms with E-state index in [1.165, 1.54) is 4.90 Å². The second-order valence-corrected chi connectivity index (χ2v) is 8.46. The third-order valence-corrected chi connectivity index (χ3v) is 6.91. The Balaban J connectivity index is 1.72. The summed E-state index contributed by atoms with van der Waals surface area (Å²) in [6, 6.07) is 8.23. The summed E-state index contributed by atoms with van der Waals surface area (Å²) in [6.07, 6.45) is 0.661. The van der Waals surface area contributed by atoms with Gasteiger partial charge in [-0.15, -0.1) is 0 Å². The number of hydrogen-bond acceptors (Lipinski definition) is 4. The number of hydrogen-bond donors (Lipinski definition) is 1. The summed E-state index contributed by atoms with van der Waals surface area (Å²) in [5.74, 6) is -0.551. The lowest BCUT2D eigenvalue weighted by Crippen LogP contribution is -2.51. The number of carbonyl (C=O) groups excluding carboxylic acids is 1. The Morgan fingerprint density at radius 3 is 2.52 bits per heavy atom. The SMILES string of the molecule is O=C(N1CCC(S(=O)(=O)c2ccccc2)C1)C1(F)CCNCC1. The average Bonchev–Trinajstić information content (AvgIpc) is 3.06. The molecule has 1 amide bonds. The molecule has 1 N–H and O–H groups in total. The van der Waals surface area contributed by atoms with Crippen molar-refractivity contribution in [1.29, 1.82) is 0 Å². The highest BCUT2D eigenvalue weighted by atomic mass is 32.2. The van der Waals surface area contributed by atoms with Crippen molar-refractivity contribution in [1.82, 2.24) is 10.2 Å². The molecule has 0 aromatic heterocycles. The molecule has 0 radical (unpaired) electrons. The standard InChI is InChI=1S/C16H21FN2O3S/c17-16(7-9-18-10-8-16)15(20)19-11-6-14(12-19)23(21,22)13-4-2-1-3-5-13/h1-5,14,18H,6-12H2. The van der Waals surface area contributed by atoms with E-state index in [2.05, 4.69) is 5.32 Å². The van der Waals surface area contributed by atoms with Gasteiger partial charge in [0.15, 0.2) is 15.5 Å². The van der Waals surface area contributed by atoms with Crippen LogP contribution in [-0.2, 0) is 14.6 Å². The number of rotatable bonds is 3. The van der Waals surface area contributed by atoms with E-state index < -0.39 is 26.7 Å². The number of nitrogens with zero attached hydrogens (tertiary/aromatic N) is 1. The molecule has 1 atom stereocenters. The first-order chi connectivity index (χ1) is 10.9. The third-order valence-electron chi connectivity index (χ3n) is 4.72. The lowest BCUT2D eigenvalue weighted by Gasteiger charge is -2.32. The number of piperidine rings is 1. The van der Waals surface area contributed by atoms with Gasteiger partial charge in [-0.05, 0) is 31.6 Å². The number of likely N-dealkylation sites (tertiary alicyclic amines) is 1. The molecule has 1 unspecified atom stereocenters. The second kappa shape index (κ2) is 6.20. The van der Waals surface area contributed by atoms with E-state index in [0.29, 0.717) is 26.1 Å². The van der Waals surface area contributed by atoms with Crippen LogP contribution in [0.1, 0.15) is 19.3 Å². The number of sulfone groups is 1. The van der Waals surface area contributed by atoms with Crippen LogP contribution in [0.2, 0.25) is 0 Å². The number of amides is 1. The van der Waals surface area contributed by atoms with Crippen LogP contribution in [0.25, 0.3) is 0 Å². The van der Waals surface area contributed by atoms with E-state index in [1.807, 2.05) is 0 Å². The zero-order valence-corrected chi connectivity index (χ0v) is 13.7. The molecule has 5 nitrogen and oxygen atoms in total. The zero-order valence-electron chi connectivity index (χ0n) is 12.9. The Bertz CT molecular complexity index is 672. The van der Waals surface area contributed by atoms with Crippen LogP contribution in [0, 0.1) is 0 Å². The average molecular weight is 340 g/mol. The van der Waals surface area contributed by atoms with E-state index in [1.54, 1.807) is 30.3 Å². The number of benzene rings is 1. The van der Waals surface area contributed by atoms with Crippen molar-refractivity contribution < 1.29 is 17.6 Å². The fourth-order valence-electron chi connectivity index (χ4n) is 3.29. The van der Waals surface area contributed by atoms with E-state index >= 15 is 0 Å². The zero-order chi connectivity index (χ0) is 16.5. The van der Waals surface area contributed by atoms with Gasteiger partial charge in [0, 0.05) is 25.9 Å². The number of alkyl halides is 1. The summed E-state index contributed by atoms with van der Waals surface area (Å²) in [5.41, 5.74) is -1.85. The predicted molar refractivity (Wildman–Crippen MR) is 84.6 cm³/mol. The van der Waals surface area contributed by atoms with E-state index in [9.17, 15) is 17.6 Å². The van der Waals surface area contributed by atoms with Crippen molar-refractivity contribution in [3.8, 4) is 0 Å². The van der Waals surface area contributed by atoms with Gasteiger partial charge in [-0.3, -0.25) is 4.79 Å². The smallest absolute Gasteiger partial charge is 0.260 e. The maximum atomic E-state index is 14.8. The largest absolute Gasteiger partial charge is 0.339 e. The van der Waals surface area contributed by atoms with Gasteiger partial charge in [0.1, 0.15) is 0 Å². The molecule has 3 rings (SSSR count). The van der Waals surface area contributed by atoms with Crippen LogP contribution in [-0.4, -0.2) is 56.3 Å². The third kappa shape index (κ3) is 3.12. The Hall–Kier alpha value is -1.47. The lowest BCUT2D eigenvalue weighted by molar-refractivity contribution is -0.144. The molecule has 2 fully saturated rings. The minimum atomic E-state index is -3.48. The van der Waals surface area contributed by atoms with Crippen LogP contribution in [0.3, 0.4) is 0 Å². The molecule has 2 aliphatic rings. The van der Waals surface area contributed by atoms with E-state index in [0.717, 1.165) is 0 Å². The van der Waals surface area contributed by atoms with E-state index in [4.69, 9.17) is 0 Å². The molecular weight excluding hydrogens is 319 g/mol. The molecule has 2 aliphatic heterocycles. The first-order valence-corrected chi connectivity index (χ1v) is 9.46. The minimum absolute atomic E-state index is 0.0785. The molecule has 2 heterocycles. The molecule has 0 saturated carbocycles. The van der Waals surface area contributed by atoms with Crippen molar-refractivity contribution in [3.63, 3.8) is 0 Å². The first kappa shape index (κ1) is 16.4. The topological polar surface area (TPSA) is 66.5 Å². The van der Waals surface area contributed by atoms with Crippen molar-refractivity contribution in [2.24, 2.45) is 0 Å². The van der Waals surface area contributed by atoms with Gasteiger partial charge in [0.05, 0.1) is 10.1 Å². The number of carbonyl (C=O) groups is 1. The summed E-state index contributed by atoms with van der Waals surface area (Å²) in [4.78, 5) is 14.1. The Morgan fingerprint density at radius 2 is 1.87 bits per heavy atom. The molecule has 2 saturated heterocycles. The van der Waals surface area contributed by atoms with Crippen molar-refractivity contribution in [2.45, 2.75) is 35.1 Å². The van der Waals surface area contributed by atoms with Gasteiger partial charge in [-0.1, -0.05) is 18.2 Å². The Labute approximate surface area is 135 Å². The quantitative estimate of drug-likeness (QED) is 0.896. The molecule has 23 heavy (non-hydrogen) atoms. The highest BCUT2D eigenvalue weighted by molar-refractivity contribution is 7.92. The summed E-state index contributed by atoms with van der Waals surface area (Å²) < 4.78 is 40.0. The molecule has 1 aromatic rings. The van der Waals surface area contributed by atoms with Crippen molar-refractivity contribution in [3.05, 3.63) is 30.3 Å². The molecule has 1 aromatic carbocycles. The summed E-state index contributed by atoms with van der Waals surface area (Å²) in [7, 11) is -3.48. The molecule has 0 aliphatic carbocycles. The molecular formula is C16H21FN2O3S. The fraction of sp³-hybridized carbons (Fsp3) is 0.562. The van der Waals surface area contributed by atoms with Crippen molar-refractivity contribution >= 4 is 15.7 Å². The normalized spacial score (nSPS) is 24.6. The monoisotopic (exact) mass is 340 g/mol. The van der Waals surface area contributed by atoms with Gasteiger partial charge in [-0.25, -0.2) is 12.8 Å². The van der Waals surface area contributed by atoms with Crippen LogP contribution in [0.5, 0.6) is 0 Å². The van der Waals surface area contributed by atoms with Gasteiger partial charge >= 0.3 is 0 Å². The second-order valence-electron chi connectivity index (χ2n) is 6.24. The minimum Gasteiger partial charge on any atom is -0.339 e. The maximum Gasteiger partial charge on any atom is 0.260 e. The lowest BCUT2D eigenvalue weighted by atomic mass is 9.93. The fourth-order valence-corrected chi connectivity index (χ4v) is 5.00. The van der Waals surface area contributed by atoms with Gasteiger partial charge in [0.25, 0.3) is 5.91 Å². The molecule has 0 spiro atoms. The highest BCUT2D eigenvalue weighted by Crippen LogP contribution is 2.30. The number of halogens is 1. The van der Waals surface area contributed by atoms with Crippen molar-refractivity contribution in [2.75, 3.05) is 26.2 Å². The van der Waals surface area contributed by atoms with Crippen LogP contribution >= 0.6 is 0 Å².